The molecule has 162 valence electrons. The Hall–Kier alpha value is -2.81. The van der Waals surface area contributed by atoms with Crippen molar-refractivity contribution in [2.45, 2.75) is 51.1 Å². The van der Waals surface area contributed by atoms with Gasteiger partial charge in [-0.25, -0.2) is 14.1 Å². The second-order valence-electron chi connectivity index (χ2n) is 8.24. The monoisotopic (exact) mass is 441 g/mol. The molecule has 1 aliphatic heterocycles. The molecule has 1 amide bonds. The highest BCUT2D eigenvalue weighted by Gasteiger charge is 2.23. The Morgan fingerprint density at radius 2 is 1.84 bits per heavy atom. The number of nitrogens with zero attached hydrogens (tertiary/aromatic N) is 4. The van der Waals surface area contributed by atoms with Crippen molar-refractivity contribution in [2.24, 2.45) is 0 Å². The molecule has 1 saturated carbocycles. The lowest BCUT2D eigenvalue weighted by atomic mass is 10.1. The molecule has 0 unspecified atom stereocenters. The molecule has 2 fully saturated rings. The van der Waals surface area contributed by atoms with Gasteiger partial charge < -0.3 is 10.2 Å². The van der Waals surface area contributed by atoms with Gasteiger partial charge in [0.1, 0.15) is 18.1 Å². The van der Waals surface area contributed by atoms with Gasteiger partial charge in [0.2, 0.25) is 5.91 Å². The molecule has 1 aromatic carbocycles. The Labute approximate surface area is 182 Å². The smallest absolute Gasteiger partial charge is 0.294 e. The average molecular weight is 442 g/mol. The van der Waals surface area contributed by atoms with E-state index in [1.807, 2.05) is 0 Å². The Bertz CT molecular complexity index is 1160. The number of hydrogen-bond acceptors (Lipinski definition) is 6. The van der Waals surface area contributed by atoms with E-state index < -0.39 is 0 Å². The summed E-state index contributed by atoms with van der Waals surface area (Å²) in [5.41, 5.74) is 1.18. The van der Waals surface area contributed by atoms with E-state index in [2.05, 4.69) is 20.3 Å². The maximum Gasteiger partial charge on any atom is 0.294 e. The highest BCUT2D eigenvalue weighted by molar-refractivity contribution is 7.22. The van der Waals surface area contributed by atoms with Crippen molar-refractivity contribution in [1.82, 2.24) is 20.1 Å². The van der Waals surface area contributed by atoms with Crippen LogP contribution in [0.3, 0.4) is 0 Å². The Morgan fingerprint density at radius 3 is 2.55 bits per heavy atom. The van der Waals surface area contributed by atoms with Crippen LogP contribution in [-0.4, -0.2) is 39.8 Å². The van der Waals surface area contributed by atoms with Gasteiger partial charge in [0.05, 0.1) is 4.70 Å². The van der Waals surface area contributed by atoms with Crippen LogP contribution in [0, 0.1) is 5.82 Å². The maximum atomic E-state index is 13.5. The van der Waals surface area contributed by atoms with Crippen molar-refractivity contribution in [3.63, 3.8) is 0 Å². The van der Waals surface area contributed by atoms with Crippen molar-refractivity contribution >= 4 is 32.6 Å². The SMILES string of the molecule is O=C(Cn1nc(-c2ccc(F)cc2)c2sc(N3CCCC3)nc2c1=O)NC1CCCC1. The maximum absolute atomic E-state index is 13.5. The van der Waals surface area contributed by atoms with Crippen molar-refractivity contribution in [3.8, 4) is 11.3 Å². The second-order valence-corrected chi connectivity index (χ2v) is 9.21. The molecule has 5 rings (SSSR count). The van der Waals surface area contributed by atoms with Crippen LogP contribution in [0.25, 0.3) is 21.5 Å². The molecule has 31 heavy (non-hydrogen) atoms. The van der Waals surface area contributed by atoms with E-state index in [1.54, 1.807) is 12.1 Å². The first kappa shape index (κ1) is 20.1. The molecule has 2 aliphatic rings. The lowest BCUT2D eigenvalue weighted by Crippen LogP contribution is -2.38. The summed E-state index contributed by atoms with van der Waals surface area (Å²) in [6, 6.07) is 6.19. The predicted molar refractivity (Wildman–Crippen MR) is 119 cm³/mol. The van der Waals surface area contributed by atoms with Gasteiger partial charge in [-0.2, -0.15) is 5.10 Å². The van der Waals surface area contributed by atoms with Crippen molar-refractivity contribution in [3.05, 3.63) is 40.4 Å². The van der Waals surface area contributed by atoms with Crippen LogP contribution in [0.1, 0.15) is 38.5 Å². The molecule has 1 N–H and O–H groups in total. The third-order valence-electron chi connectivity index (χ3n) is 6.00. The molecule has 2 aromatic heterocycles. The molecule has 0 spiro atoms. The fourth-order valence-corrected chi connectivity index (χ4v) is 5.49. The van der Waals surface area contributed by atoms with Gasteiger partial charge in [-0.05, 0) is 49.9 Å². The number of anilines is 1. The summed E-state index contributed by atoms with van der Waals surface area (Å²) in [6.45, 7) is 1.67. The minimum absolute atomic E-state index is 0.157. The Kier molecular flexibility index (Phi) is 5.43. The third kappa shape index (κ3) is 4.06. The van der Waals surface area contributed by atoms with E-state index in [1.165, 1.54) is 28.2 Å². The number of thiazole rings is 1. The minimum atomic E-state index is -0.371. The van der Waals surface area contributed by atoms with Gasteiger partial charge in [-0.3, -0.25) is 9.59 Å². The van der Waals surface area contributed by atoms with Gasteiger partial charge in [0.25, 0.3) is 5.56 Å². The van der Waals surface area contributed by atoms with E-state index in [9.17, 15) is 14.0 Å². The van der Waals surface area contributed by atoms with E-state index >= 15 is 0 Å². The fraction of sp³-hybridized carbons (Fsp3) is 0.455. The van der Waals surface area contributed by atoms with E-state index in [0.717, 1.165) is 56.7 Å². The zero-order valence-corrected chi connectivity index (χ0v) is 18.0. The van der Waals surface area contributed by atoms with Crippen LogP contribution in [0.5, 0.6) is 0 Å². The molecule has 3 aromatic rings. The number of carbonyl (C=O) groups is 1. The van der Waals surface area contributed by atoms with Crippen molar-refractivity contribution < 1.29 is 9.18 Å². The topological polar surface area (TPSA) is 80.1 Å². The highest BCUT2D eigenvalue weighted by Crippen LogP contribution is 2.35. The zero-order chi connectivity index (χ0) is 21.4. The summed E-state index contributed by atoms with van der Waals surface area (Å²) in [5.74, 6) is -0.563. The van der Waals surface area contributed by atoms with Crippen LogP contribution in [0.2, 0.25) is 0 Å². The minimum Gasteiger partial charge on any atom is -0.352 e. The van der Waals surface area contributed by atoms with Crippen molar-refractivity contribution in [2.75, 3.05) is 18.0 Å². The number of halogens is 1. The number of nitrogens with one attached hydrogen (secondary N) is 1. The molecule has 9 heteroatoms. The molecular formula is C22H24FN5O2S. The van der Waals surface area contributed by atoms with E-state index in [0.29, 0.717) is 21.5 Å². The summed E-state index contributed by atoms with van der Waals surface area (Å²) in [7, 11) is 0. The average Bonchev–Trinajstić information content (AvgIpc) is 3.52. The Morgan fingerprint density at radius 1 is 1.13 bits per heavy atom. The van der Waals surface area contributed by atoms with Crippen LogP contribution in [0.15, 0.2) is 29.1 Å². The normalized spacial score (nSPS) is 17.0. The predicted octanol–water partition coefficient (Wildman–Crippen LogP) is 3.32. The summed E-state index contributed by atoms with van der Waals surface area (Å²) in [4.78, 5) is 32.5. The molecule has 1 aliphatic carbocycles. The molecule has 3 heterocycles. The number of fused-ring (bicyclic) bond motifs is 1. The first-order valence-corrected chi connectivity index (χ1v) is 11.6. The van der Waals surface area contributed by atoms with Crippen LogP contribution >= 0.6 is 11.3 Å². The van der Waals surface area contributed by atoms with Crippen LogP contribution in [0.4, 0.5) is 9.52 Å². The molecule has 1 saturated heterocycles. The summed E-state index contributed by atoms with van der Waals surface area (Å²) >= 11 is 1.43. The largest absolute Gasteiger partial charge is 0.352 e. The third-order valence-corrected chi connectivity index (χ3v) is 7.12. The van der Waals surface area contributed by atoms with Crippen LogP contribution < -0.4 is 15.8 Å². The molecule has 7 nitrogen and oxygen atoms in total. The zero-order valence-electron chi connectivity index (χ0n) is 17.1. The quantitative estimate of drug-likeness (QED) is 0.657. The molecule has 0 radical (unpaired) electrons. The van der Waals surface area contributed by atoms with Crippen molar-refractivity contribution in [1.29, 1.82) is 0 Å². The summed E-state index contributed by atoms with van der Waals surface area (Å²) < 4.78 is 15.4. The molecular weight excluding hydrogens is 417 g/mol. The van der Waals surface area contributed by atoms with Crippen LogP contribution in [-0.2, 0) is 11.3 Å². The number of aromatic nitrogens is 3. The highest BCUT2D eigenvalue weighted by atomic mass is 32.1. The number of carbonyl (C=O) groups excluding carboxylic acids is 1. The second kappa shape index (κ2) is 8.37. The van der Waals surface area contributed by atoms with Gasteiger partial charge in [-0.15, -0.1) is 0 Å². The Balaban J connectivity index is 1.56. The first-order chi connectivity index (χ1) is 15.1. The standard InChI is InChI=1S/C22H24FN5O2S/c23-15-9-7-14(8-10-15)18-20-19(25-22(31-20)27-11-3-4-12-27)21(30)28(26-18)13-17(29)24-16-5-1-2-6-16/h7-10,16H,1-6,11-13H2,(H,24,29). The van der Waals surface area contributed by atoms with Gasteiger partial charge in [-0.1, -0.05) is 24.2 Å². The number of hydrogen-bond donors (Lipinski definition) is 1. The lowest BCUT2D eigenvalue weighted by molar-refractivity contribution is -0.122. The number of amides is 1. The van der Waals surface area contributed by atoms with E-state index in [4.69, 9.17) is 0 Å². The van der Waals surface area contributed by atoms with E-state index in [-0.39, 0.29) is 29.9 Å². The van der Waals surface area contributed by atoms with Gasteiger partial charge >= 0.3 is 0 Å². The number of rotatable bonds is 5. The summed E-state index contributed by atoms with van der Waals surface area (Å²) in [5, 5.41) is 8.33. The number of benzene rings is 1. The lowest BCUT2D eigenvalue weighted by Gasteiger charge is -2.13. The fourth-order valence-electron chi connectivity index (χ4n) is 4.37. The molecule has 0 atom stereocenters. The molecule has 0 bridgehead atoms. The first-order valence-electron chi connectivity index (χ1n) is 10.8. The van der Waals surface area contributed by atoms with Gasteiger partial charge in [0.15, 0.2) is 10.6 Å². The van der Waals surface area contributed by atoms with Gasteiger partial charge in [0, 0.05) is 24.7 Å². The summed E-state index contributed by atoms with van der Waals surface area (Å²) in [6.07, 6.45) is 6.37.